The first-order valence-electron chi connectivity index (χ1n) is 12.5. The highest BCUT2D eigenvalue weighted by Crippen LogP contribution is 2.42. The molecule has 0 saturated carbocycles. The number of aliphatic imine (C=N–C) groups is 1. The third-order valence-corrected chi connectivity index (χ3v) is 6.87. The molecule has 1 heterocycles. The maximum Gasteiger partial charge on any atom is 0.252 e. The third kappa shape index (κ3) is 6.38. The van der Waals surface area contributed by atoms with Crippen LogP contribution in [-0.4, -0.2) is 42.2 Å². The number of hydrogen-bond acceptors (Lipinski definition) is 5. The molecule has 0 unspecified atom stereocenters. The minimum absolute atomic E-state index is 0.0732. The van der Waals surface area contributed by atoms with Gasteiger partial charge in [-0.15, -0.1) is 6.58 Å². The quantitative estimate of drug-likeness (QED) is 0.215. The number of carbonyl (C=O) groups excluding carboxylic acids is 1. The fourth-order valence-electron chi connectivity index (χ4n) is 4.35. The van der Waals surface area contributed by atoms with E-state index in [-0.39, 0.29) is 18.9 Å². The normalized spacial score (nSPS) is 18.4. The van der Waals surface area contributed by atoms with Crippen molar-refractivity contribution in [1.82, 2.24) is 5.32 Å². The maximum atomic E-state index is 13.8. The van der Waals surface area contributed by atoms with Crippen LogP contribution < -0.4 is 10.1 Å². The van der Waals surface area contributed by atoms with Gasteiger partial charge in [0.25, 0.3) is 5.91 Å². The Morgan fingerprint density at radius 3 is 2.58 bits per heavy atom. The highest BCUT2D eigenvalue weighted by atomic mass is 35.5. The first-order chi connectivity index (χ1) is 18.5. The average molecular weight is 553 g/mol. The predicted molar refractivity (Wildman–Crippen MR) is 151 cm³/mol. The molecule has 0 aliphatic carbocycles. The summed E-state index contributed by atoms with van der Waals surface area (Å²) in [7, 11) is 0. The highest BCUT2D eigenvalue weighted by Gasteiger charge is 2.52. The number of nitrogens with zero attached hydrogens (tertiary/aromatic N) is 1. The summed E-state index contributed by atoms with van der Waals surface area (Å²) in [6.07, 6.45) is 2.43. The summed E-state index contributed by atoms with van der Waals surface area (Å²) >= 11 is 12.3. The summed E-state index contributed by atoms with van der Waals surface area (Å²) in [4.78, 5) is 18.7. The Kier molecular flexibility index (Phi) is 9.45. The molecular weight excluding hydrogens is 523 g/mol. The summed E-state index contributed by atoms with van der Waals surface area (Å²) in [6, 6.07) is 22.3. The molecule has 38 heavy (non-hydrogen) atoms. The number of benzene rings is 3. The molecule has 2 N–H and O–H groups in total. The zero-order chi connectivity index (χ0) is 27.0. The van der Waals surface area contributed by atoms with Crippen LogP contribution in [0.25, 0.3) is 0 Å². The topological polar surface area (TPSA) is 80.2 Å². The van der Waals surface area contributed by atoms with Gasteiger partial charge in [0.2, 0.25) is 5.90 Å². The van der Waals surface area contributed by atoms with Crippen molar-refractivity contribution in [3.8, 4) is 5.75 Å². The second-order valence-electron chi connectivity index (χ2n) is 8.93. The van der Waals surface area contributed by atoms with E-state index >= 15 is 0 Å². The standard InChI is InChI=1S/C30H30Cl2N2O4/c1-2-16-30(29(36)33-17-15-21-9-12-24(31)20-26(21)32)27(22-7-4-3-5-8-22)38-28(34-30)23-10-13-25(14-11-23)37-19-6-18-35/h2-5,7-14,20,27,35H,1,6,15-19H2,(H,33,36)/t27-,30-/m1/s1. The van der Waals surface area contributed by atoms with E-state index in [0.717, 1.165) is 16.7 Å². The van der Waals surface area contributed by atoms with E-state index in [2.05, 4.69) is 11.9 Å². The molecule has 0 fully saturated rings. The molecule has 0 spiro atoms. The smallest absolute Gasteiger partial charge is 0.252 e. The molecule has 198 valence electrons. The molecule has 0 bridgehead atoms. The van der Waals surface area contributed by atoms with Crippen molar-refractivity contribution in [3.63, 3.8) is 0 Å². The Hall–Kier alpha value is -3.32. The number of carbonyl (C=O) groups is 1. The summed E-state index contributed by atoms with van der Waals surface area (Å²) < 4.78 is 12.0. The lowest BCUT2D eigenvalue weighted by molar-refractivity contribution is -0.128. The second kappa shape index (κ2) is 13.0. The summed E-state index contributed by atoms with van der Waals surface area (Å²) in [5.74, 6) is 0.796. The lowest BCUT2D eigenvalue weighted by atomic mass is 9.84. The fourth-order valence-corrected chi connectivity index (χ4v) is 4.85. The van der Waals surface area contributed by atoms with Gasteiger partial charge in [-0.25, -0.2) is 4.99 Å². The highest BCUT2D eigenvalue weighted by molar-refractivity contribution is 6.35. The summed E-state index contributed by atoms with van der Waals surface area (Å²) in [6.45, 7) is 4.77. The van der Waals surface area contributed by atoms with Gasteiger partial charge in [-0.3, -0.25) is 4.79 Å². The number of nitrogens with one attached hydrogen (secondary N) is 1. The number of aliphatic hydroxyl groups excluding tert-OH is 1. The molecule has 8 heteroatoms. The molecule has 2 atom stereocenters. The van der Waals surface area contributed by atoms with Crippen LogP contribution in [0.1, 0.15) is 35.6 Å². The molecule has 6 nitrogen and oxygen atoms in total. The van der Waals surface area contributed by atoms with E-state index in [1.165, 1.54) is 0 Å². The van der Waals surface area contributed by atoms with Crippen molar-refractivity contribution in [3.05, 3.63) is 112 Å². The van der Waals surface area contributed by atoms with E-state index < -0.39 is 11.6 Å². The lowest BCUT2D eigenvalue weighted by Gasteiger charge is -2.29. The third-order valence-electron chi connectivity index (χ3n) is 6.28. The van der Waals surface area contributed by atoms with Crippen molar-refractivity contribution in [2.75, 3.05) is 19.8 Å². The van der Waals surface area contributed by atoms with Gasteiger partial charge in [-0.2, -0.15) is 0 Å². The van der Waals surface area contributed by atoms with Crippen LogP contribution in [0.2, 0.25) is 10.0 Å². The van der Waals surface area contributed by atoms with E-state index in [1.54, 1.807) is 18.2 Å². The van der Waals surface area contributed by atoms with Crippen LogP contribution in [0, 0.1) is 0 Å². The van der Waals surface area contributed by atoms with E-state index in [9.17, 15) is 4.79 Å². The molecular formula is C30H30Cl2N2O4. The Morgan fingerprint density at radius 2 is 1.89 bits per heavy atom. The molecule has 0 aromatic heterocycles. The van der Waals surface area contributed by atoms with Crippen molar-refractivity contribution < 1.29 is 19.4 Å². The molecule has 1 aliphatic rings. The van der Waals surface area contributed by atoms with Gasteiger partial charge in [-0.1, -0.05) is 65.7 Å². The van der Waals surface area contributed by atoms with Crippen LogP contribution in [-0.2, 0) is 16.0 Å². The molecule has 1 aliphatic heterocycles. The van der Waals surface area contributed by atoms with Crippen molar-refractivity contribution in [2.45, 2.75) is 30.9 Å². The molecule has 3 aromatic rings. The number of ether oxygens (including phenoxy) is 2. The van der Waals surface area contributed by atoms with Gasteiger partial charge in [-0.05, 0) is 53.9 Å². The Morgan fingerprint density at radius 1 is 1.13 bits per heavy atom. The zero-order valence-corrected chi connectivity index (χ0v) is 22.4. The minimum Gasteiger partial charge on any atom is -0.494 e. The van der Waals surface area contributed by atoms with E-state index in [1.807, 2.05) is 60.7 Å². The van der Waals surface area contributed by atoms with Crippen LogP contribution in [0.5, 0.6) is 5.75 Å². The van der Waals surface area contributed by atoms with Gasteiger partial charge < -0.3 is 19.9 Å². The first kappa shape index (κ1) is 27.7. The van der Waals surface area contributed by atoms with Gasteiger partial charge in [0.1, 0.15) is 5.75 Å². The Balaban J connectivity index is 1.59. The van der Waals surface area contributed by atoms with E-state index in [0.29, 0.717) is 47.7 Å². The maximum absolute atomic E-state index is 13.8. The van der Waals surface area contributed by atoms with Gasteiger partial charge >= 0.3 is 0 Å². The zero-order valence-electron chi connectivity index (χ0n) is 20.9. The lowest BCUT2D eigenvalue weighted by Crippen LogP contribution is -2.48. The molecule has 1 amide bonds. The Bertz CT molecular complexity index is 1280. The SMILES string of the molecule is C=CC[C@@]1(C(=O)NCCc2ccc(Cl)cc2Cl)N=C(c2ccc(OCCCO)cc2)O[C@@H]1c1ccccc1. The van der Waals surface area contributed by atoms with Crippen LogP contribution in [0.3, 0.4) is 0 Å². The van der Waals surface area contributed by atoms with Gasteiger partial charge in [0.15, 0.2) is 11.6 Å². The number of rotatable bonds is 12. The second-order valence-corrected chi connectivity index (χ2v) is 9.78. The summed E-state index contributed by atoms with van der Waals surface area (Å²) in [5.41, 5.74) is 1.22. The van der Waals surface area contributed by atoms with Crippen LogP contribution >= 0.6 is 23.2 Å². The number of aliphatic hydroxyl groups is 1. The largest absolute Gasteiger partial charge is 0.494 e. The fraction of sp³-hybridized carbons (Fsp3) is 0.267. The van der Waals surface area contributed by atoms with Crippen molar-refractivity contribution >= 4 is 35.0 Å². The number of halogens is 2. The van der Waals surface area contributed by atoms with Crippen LogP contribution in [0.4, 0.5) is 0 Å². The predicted octanol–water partition coefficient (Wildman–Crippen LogP) is 5.95. The Labute approximate surface area is 232 Å². The van der Waals surface area contributed by atoms with Crippen molar-refractivity contribution in [1.29, 1.82) is 0 Å². The molecule has 0 radical (unpaired) electrons. The van der Waals surface area contributed by atoms with Crippen LogP contribution in [0.15, 0.2) is 90.4 Å². The van der Waals surface area contributed by atoms with E-state index in [4.69, 9.17) is 42.8 Å². The number of amides is 1. The monoisotopic (exact) mass is 552 g/mol. The molecule has 3 aromatic carbocycles. The first-order valence-corrected chi connectivity index (χ1v) is 13.2. The van der Waals surface area contributed by atoms with Crippen molar-refractivity contribution in [2.24, 2.45) is 4.99 Å². The van der Waals surface area contributed by atoms with Gasteiger partial charge in [0, 0.05) is 41.6 Å². The molecule has 0 saturated heterocycles. The average Bonchev–Trinajstić information content (AvgIpc) is 3.32. The van der Waals surface area contributed by atoms with Gasteiger partial charge in [0.05, 0.1) is 6.61 Å². The molecule has 4 rings (SSSR count). The number of hydrogen-bond donors (Lipinski definition) is 2. The summed E-state index contributed by atoms with van der Waals surface area (Å²) in [5, 5.41) is 13.1. The minimum atomic E-state index is -1.24.